The van der Waals surface area contributed by atoms with Crippen molar-refractivity contribution in [2.45, 2.75) is 10.6 Å². The Kier molecular flexibility index (Phi) is 3.77. The van der Waals surface area contributed by atoms with E-state index in [2.05, 4.69) is 0 Å². The van der Waals surface area contributed by atoms with Crippen molar-refractivity contribution in [3.63, 3.8) is 0 Å². The average Bonchev–Trinajstić information content (AvgIpc) is 2.75. The molecule has 0 unspecified atom stereocenters. The van der Waals surface area contributed by atoms with Crippen molar-refractivity contribution >= 4 is 32.5 Å². The fourth-order valence-electron chi connectivity index (χ4n) is 2.25. The summed E-state index contributed by atoms with van der Waals surface area (Å²) in [5.74, 6) is -2.02. The molecule has 0 spiro atoms. The Hall–Kier alpha value is -2.12. The first-order valence-corrected chi connectivity index (χ1v) is 8.57. The summed E-state index contributed by atoms with van der Waals surface area (Å²) in [4.78, 5) is 11.0. The number of oxazole rings is 1. The molecule has 0 bridgehead atoms. The van der Waals surface area contributed by atoms with Gasteiger partial charge in [-0.15, -0.1) is 0 Å². The summed E-state index contributed by atoms with van der Waals surface area (Å²) in [6, 6.07) is 8.26. The molecule has 0 N–H and O–H groups in total. The van der Waals surface area contributed by atoms with Crippen LogP contribution in [-0.4, -0.2) is 13.0 Å². The Morgan fingerprint density at radius 1 is 1.22 bits per heavy atom. The van der Waals surface area contributed by atoms with Crippen LogP contribution in [0, 0.1) is 5.82 Å². The van der Waals surface area contributed by atoms with E-state index in [1.165, 1.54) is 7.05 Å². The van der Waals surface area contributed by atoms with Crippen molar-refractivity contribution in [3.05, 3.63) is 63.4 Å². The minimum atomic E-state index is -3.93. The summed E-state index contributed by atoms with van der Waals surface area (Å²) in [6.07, 6.45) is 0. The molecule has 3 aromatic rings. The molecule has 120 valence electrons. The fraction of sp³-hybridized carbons (Fsp3) is 0.133. The van der Waals surface area contributed by atoms with Crippen LogP contribution >= 0.6 is 11.6 Å². The number of hydrogen-bond acceptors (Lipinski definition) is 4. The van der Waals surface area contributed by atoms with Crippen LogP contribution < -0.4 is 5.76 Å². The molecule has 1 aromatic heterocycles. The standard InChI is InChI=1S/C15H11ClFNO4S/c1-18-12-7-14(11(17)6-13(12)22-15(18)19)23(20,21)8-9-2-4-10(16)5-3-9/h2-7H,8H2,1H3. The van der Waals surface area contributed by atoms with Gasteiger partial charge in [-0.2, -0.15) is 0 Å². The highest BCUT2D eigenvalue weighted by Gasteiger charge is 2.22. The number of fused-ring (bicyclic) bond motifs is 1. The first-order valence-electron chi connectivity index (χ1n) is 6.54. The molecule has 1 heterocycles. The Morgan fingerprint density at radius 3 is 2.52 bits per heavy atom. The molecule has 0 aliphatic rings. The van der Waals surface area contributed by atoms with Gasteiger partial charge in [-0.3, -0.25) is 4.57 Å². The number of nitrogens with zero attached hydrogens (tertiary/aromatic N) is 1. The van der Waals surface area contributed by atoms with E-state index < -0.39 is 26.3 Å². The van der Waals surface area contributed by atoms with Crippen LogP contribution in [0.3, 0.4) is 0 Å². The maximum Gasteiger partial charge on any atom is 0.419 e. The van der Waals surface area contributed by atoms with Gasteiger partial charge in [0.25, 0.3) is 0 Å². The van der Waals surface area contributed by atoms with Crippen molar-refractivity contribution < 1.29 is 17.2 Å². The molecular formula is C15H11ClFNO4S. The van der Waals surface area contributed by atoms with Gasteiger partial charge in [-0.1, -0.05) is 23.7 Å². The summed E-state index contributed by atoms with van der Waals surface area (Å²) in [5, 5.41) is 0.479. The quantitative estimate of drug-likeness (QED) is 0.724. The Morgan fingerprint density at radius 2 is 1.87 bits per heavy atom. The van der Waals surface area contributed by atoms with E-state index in [9.17, 15) is 17.6 Å². The predicted octanol–water partition coefficient (Wildman–Crippen LogP) is 2.90. The molecule has 0 saturated carbocycles. The van der Waals surface area contributed by atoms with E-state index in [-0.39, 0.29) is 16.9 Å². The summed E-state index contributed by atoms with van der Waals surface area (Å²) < 4.78 is 45.1. The van der Waals surface area contributed by atoms with Crippen molar-refractivity contribution in [2.24, 2.45) is 7.05 Å². The molecule has 0 saturated heterocycles. The van der Waals surface area contributed by atoms with Crippen molar-refractivity contribution in [1.82, 2.24) is 4.57 Å². The molecule has 2 aromatic carbocycles. The molecule has 5 nitrogen and oxygen atoms in total. The summed E-state index contributed by atoms with van der Waals surface area (Å²) >= 11 is 5.76. The van der Waals surface area contributed by atoms with Gasteiger partial charge in [0, 0.05) is 18.1 Å². The average molecular weight is 356 g/mol. The topological polar surface area (TPSA) is 69.3 Å². The highest BCUT2D eigenvalue weighted by molar-refractivity contribution is 7.90. The molecule has 23 heavy (non-hydrogen) atoms. The molecular weight excluding hydrogens is 345 g/mol. The van der Waals surface area contributed by atoms with E-state index in [0.29, 0.717) is 10.6 Å². The smallest absolute Gasteiger partial charge is 0.408 e. The van der Waals surface area contributed by atoms with Crippen molar-refractivity contribution in [1.29, 1.82) is 0 Å². The lowest BCUT2D eigenvalue weighted by Crippen LogP contribution is -2.10. The number of hydrogen-bond donors (Lipinski definition) is 0. The maximum atomic E-state index is 14.2. The van der Waals surface area contributed by atoms with Crippen LogP contribution in [0.15, 0.2) is 50.5 Å². The van der Waals surface area contributed by atoms with E-state index in [1.54, 1.807) is 24.3 Å². The summed E-state index contributed by atoms with van der Waals surface area (Å²) in [6.45, 7) is 0. The first-order chi connectivity index (χ1) is 10.8. The number of benzene rings is 2. The van der Waals surface area contributed by atoms with Gasteiger partial charge in [-0.25, -0.2) is 17.6 Å². The van der Waals surface area contributed by atoms with Gasteiger partial charge in [0.2, 0.25) is 0 Å². The lowest BCUT2D eigenvalue weighted by atomic mass is 10.2. The van der Waals surface area contributed by atoms with E-state index in [1.807, 2.05) is 0 Å². The zero-order valence-electron chi connectivity index (χ0n) is 11.9. The lowest BCUT2D eigenvalue weighted by molar-refractivity contribution is 0.524. The largest absolute Gasteiger partial charge is 0.419 e. The van der Waals surface area contributed by atoms with E-state index in [0.717, 1.165) is 16.7 Å². The summed E-state index contributed by atoms with van der Waals surface area (Å²) in [7, 11) is -2.51. The van der Waals surface area contributed by atoms with Crippen LogP contribution in [0.1, 0.15) is 5.56 Å². The second kappa shape index (κ2) is 5.50. The van der Waals surface area contributed by atoms with Gasteiger partial charge >= 0.3 is 5.76 Å². The Bertz CT molecular complexity index is 1050. The second-order valence-electron chi connectivity index (χ2n) is 5.06. The lowest BCUT2D eigenvalue weighted by Gasteiger charge is -2.06. The van der Waals surface area contributed by atoms with Crippen LogP contribution in [0.25, 0.3) is 11.1 Å². The molecule has 0 radical (unpaired) electrons. The third-order valence-corrected chi connectivity index (χ3v) is 5.40. The number of rotatable bonds is 3. The van der Waals surface area contributed by atoms with Gasteiger partial charge in [-0.05, 0) is 23.8 Å². The van der Waals surface area contributed by atoms with Crippen LogP contribution in [0.2, 0.25) is 5.02 Å². The van der Waals surface area contributed by atoms with Crippen LogP contribution in [0.4, 0.5) is 4.39 Å². The van der Waals surface area contributed by atoms with Crippen LogP contribution in [0.5, 0.6) is 0 Å². The maximum absolute atomic E-state index is 14.2. The molecule has 0 amide bonds. The highest BCUT2D eigenvalue weighted by atomic mass is 35.5. The zero-order valence-corrected chi connectivity index (χ0v) is 13.5. The molecule has 8 heteroatoms. The summed E-state index contributed by atoms with van der Waals surface area (Å²) in [5.41, 5.74) is 0.696. The van der Waals surface area contributed by atoms with Crippen molar-refractivity contribution in [2.75, 3.05) is 0 Å². The Balaban J connectivity index is 2.10. The molecule has 0 aliphatic carbocycles. The third-order valence-electron chi connectivity index (χ3n) is 3.45. The highest BCUT2D eigenvalue weighted by Crippen LogP contribution is 2.25. The molecule has 0 aliphatic heterocycles. The first kappa shape index (κ1) is 15.8. The SMILES string of the molecule is Cn1c(=O)oc2cc(F)c(S(=O)(=O)Cc3ccc(Cl)cc3)cc21. The zero-order chi connectivity index (χ0) is 16.8. The minimum Gasteiger partial charge on any atom is -0.408 e. The second-order valence-corrected chi connectivity index (χ2v) is 7.46. The number of aromatic nitrogens is 1. The molecule has 0 fully saturated rings. The normalized spacial score (nSPS) is 12.0. The number of aryl methyl sites for hydroxylation is 1. The van der Waals surface area contributed by atoms with Crippen molar-refractivity contribution in [3.8, 4) is 0 Å². The molecule has 3 rings (SSSR count). The predicted molar refractivity (Wildman–Crippen MR) is 83.8 cm³/mol. The number of sulfone groups is 1. The minimum absolute atomic E-state index is 0.000410. The van der Waals surface area contributed by atoms with Crippen LogP contribution in [-0.2, 0) is 22.6 Å². The van der Waals surface area contributed by atoms with Gasteiger partial charge in [0.05, 0.1) is 11.3 Å². The third kappa shape index (κ3) is 2.89. The molecule has 0 atom stereocenters. The van der Waals surface area contributed by atoms with Gasteiger partial charge < -0.3 is 4.42 Å². The number of halogens is 2. The van der Waals surface area contributed by atoms with Gasteiger partial charge in [0.15, 0.2) is 15.4 Å². The van der Waals surface area contributed by atoms with E-state index >= 15 is 0 Å². The fourth-order valence-corrected chi connectivity index (χ4v) is 3.81. The Labute approximate surface area is 135 Å². The monoisotopic (exact) mass is 355 g/mol. The van der Waals surface area contributed by atoms with Gasteiger partial charge in [0.1, 0.15) is 10.7 Å². The van der Waals surface area contributed by atoms with E-state index in [4.69, 9.17) is 16.0 Å².